The maximum atomic E-state index is 13.3. The Morgan fingerprint density at radius 1 is 1.26 bits per heavy atom. The normalized spacial score (nSPS) is 10.3. The molecule has 19 heavy (non-hydrogen) atoms. The van der Waals surface area contributed by atoms with Crippen LogP contribution in [0.5, 0.6) is 0 Å². The lowest BCUT2D eigenvalue weighted by Gasteiger charge is -2.07. The van der Waals surface area contributed by atoms with Gasteiger partial charge in [-0.05, 0) is 24.6 Å². The number of carbonyl (C=O) groups is 1. The van der Waals surface area contributed by atoms with E-state index in [0.29, 0.717) is 5.69 Å². The molecule has 0 aliphatic heterocycles. The van der Waals surface area contributed by atoms with Crippen LogP contribution in [0, 0.1) is 18.7 Å². The Morgan fingerprint density at radius 3 is 2.79 bits per heavy atom. The highest BCUT2D eigenvalue weighted by atomic mass is 19.2. The highest BCUT2D eigenvalue weighted by Crippen LogP contribution is 2.09. The summed E-state index contributed by atoms with van der Waals surface area (Å²) >= 11 is 0. The first kappa shape index (κ1) is 13.1. The number of hydrogen-bond acceptors (Lipinski definition) is 3. The van der Waals surface area contributed by atoms with E-state index in [9.17, 15) is 13.6 Å². The molecule has 0 radical (unpaired) electrons. The third-order valence-corrected chi connectivity index (χ3v) is 2.63. The molecule has 2 heterocycles. The molecule has 0 aliphatic carbocycles. The molecule has 0 aromatic carbocycles. The molecular weight excluding hydrogens is 252 g/mol. The second-order valence-electron chi connectivity index (χ2n) is 3.91. The van der Waals surface area contributed by atoms with Gasteiger partial charge in [-0.3, -0.25) is 9.78 Å². The summed E-state index contributed by atoms with van der Waals surface area (Å²) in [5.41, 5.74) is 1.20. The van der Waals surface area contributed by atoms with Crippen LogP contribution in [0.25, 0.3) is 0 Å². The molecule has 6 heteroatoms. The molecule has 0 aliphatic rings. The molecule has 2 aromatic rings. The molecule has 0 fully saturated rings. The number of nitrogens with one attached hydrogen (secondary N) is 1. The van der Waals surface area contributed by atoms with Crippen molar-refractivity contribution in [1.82, 2.24) is 15.3 Å². The highest BCUT2D eigenvalue weighted by molar-refractivity contribution is 5.94. The zero-order chi connectivity index (χ0) is 13.8. The molecule has 0 spiro atoms. The second-order valence-corrected chi connectivity index (χ2v) is 3.91. The Kier molecular flexibility index (Phi) is 3.79. The number of carbonyl (C=O) groups excluding carboxylic acids is 1. The van der Waals surface area contributed by atoms with Crippen molar-refractivity contribution in [3.8, 4) is 0 Å². The lowest BCUT2D eigenvalue weighted by Crippen LogP contribution is -2.25. The fourth-order valence-corrected chi connectivity index (χ4v) is 1.56. The van der Waals surface area contributed by atoms with Crippen molar-refractivity contribution in [3.05, 3.63) is 59.2 Å². The van der Waals surface area contributed by atoms with Crippen molar-refractivity contribution in [1.29, 1.82) is 0 Å². The van der Waals surface area contributed by atoms with Gasteiger partial charge in [-0.15, -0.1) is 0 Å². The number of pyridine rings is 2. The van der Waals surface area contributed by atoms with Crippen LogP contribution in [0.2, 0.25) is 0 Å². The van der Waals surface area contributed by atoms with E-state index in [1.165, 1.54) is 0 Å². The zero-order valence-corrected chi connectivity index (χ0v) is 10.2. The summed E-state index contributed by atoms with van der Waals surface area (Å²) in [7, 11) is 0. The SMILES string of the molecule is Cc1cccnc1CNC(=O)c1ccnc(F)c1F. The number of amides is 1. The summed E-state index contributed by atoms with van der Waals surface area (Å²) in [5, 5.41) is 2.49. The molecule has 1 N–H and O–H groups in total. The van der Waals surface area contributed by atoms with Crippen molar-refractivity contribution in [2.24, 2.45) is 0 Å². The van der Waals surface area contributed by atoms with Crippen LogP contribution in [0.15, 0.2) is 30.6 Å². The van der Waals surface area contributed by atoms with Gasteiger partial charge in [0.1, 0.15) is 0 Å². The standard InChI is InChI=1S/C13H11F2N3O/c1-8-3-2-5-16-10(8)7-18-13(19)9-4-6-17-12(15)11(9)14/h2-6H,7H2,1H3,(H,18,19). The molecule has 0 atom stereocenters. The van der Waals surface area contributed by atoms with Crippen molar-refractivity contribution in [3.63, 3.8) is 0 Å². The zero-order valence-electron chi connectivity index (χ0n) is 10.2. The van der Waals surface area contributed by atoms with Gasteiger partial charge < -0.3 is 5.32 Å². The number of halogens is 2. The topological polar surface area (TPSA) is 54.9 Å². The molecule has 98 valence electrons. The van der Waals surface area contributed by atoms with Gasteiger partial charge in [0.05, 0.1) is 17.8 Å². The van der Waals surface area contributed by atoms with Crippen LogP contribution in [0.3, 0.4) is 0 Å². The maximum absolute atomic E-state index is 13.3. The van der Waals surface area contributed by atoms with E-state index < -0.39 is 17.7 Å². The van der Waals surface area contributed by atoms with E-state index in [1.807, 2.05) is 13.0 Å². The summed E-state index contributed by atoms with van der Waals surface area (Å²) in [6.45, 7) is 2.00. The maximum Gasteiger partial charge on any atom is 0.254 e. The van der Waals surface area contributed by atoms with Gasteiger partial charge in [0, 0.05) is 12.4 Å². The lowest BCUT2D eigenvalue weighted by atomic mass is 10.2. The number of rotatable bonds is 3. The van der Waals surface area contributed by atoms with Gasteiger partial charge in [0.2, 0.25) is 5.95 Å². The summed E-state index contributed by atoms with van der Waals surface area (Å²) < 4.78 is 26.2. The second kappa shape index (κ2) is 5.51. The monoisotopic (exact) mass is 263 g/mol. The van der Waals surface area contributed by atoms with Crippen LogP contribution in [-0.4, -0.2) is 15.9 Å². The molecule has 0 unspecified atom stereocenters. The number of aromatic nitrogens is 2. The molecule has 1 amide bonds. The van der Waals surface area contributed by atoms with Crippen molar-refractivity contribution >= 4 is 5.91 Å². The van der Waals surface area contributed by atoms with Crippen LogP contribution < -0.4 is 5.32 Å². The minimum atomic E-state index is -1.29. The molecular formula is C13H11F2N3O. The quantitative estimate of drug-likeness (QED) is 0.862. The van der Waals surface area contributed by atoms with Gasteiger partial charge >= 0.3 is 0 Å². The lowest BCUT2D eigenvalue weighted by molar-refractivity contribution is 0.0945. The Balaban J connectivity index is 2.10. The van der Waals surface area contributed by atoms with Crippen LogP contribution in [-0.2, 0) is 6.54 Å². The van der Waals surface area contributed by atoms with Crippen LogP contribution in [0.4, 0.5) is 8.78 Å². The summed E-state index contributed by atoms with van der Waals surface area (Å²) in [4.78, 5) is 18.9. The Labute approximate surface area is 108 Å². The first-order chi connectivity index (χ1) is 9.09. The van der Waals surface area contributed by atoms with Gasteiger partial charge in [0.15, 0.2) is 5.82 Å². The van der Waals surface area contributed by atoms with E-state index in [2.05, 4.69) is 15.3 Å². The summed E-state index contributed by atoms with van der Waals surface area (Å²) in [6.07, 6.45) is 2.64. The van der Waals surface area contributed by atoms with Gasteiger partial charge in [0.25, 0.3) is 5.91 Å². The molecule has 0 saturated heterocycles. The number of aryl methyl sites for hydroxylation is 1. The highest BCUT2D eigenvalue weighted by Gasteiger charge is 2.15. The molecule has 4 nitrogen and oxygen atoms in total. The van der Waals surface area contributed by atoms with Crippen LogP contribution in [0.1, 0.15) is 21.6 Å². The Hall–Kier alpha value is -2.37. The van der Waals surface area contributed by atoms with Gasteiger partial charge in [-0.25, -0.2) is 9.37 Å². The Morgan fingerprint density at radius 2 is 2.05 bits per heavy atom. The fraction of sp³-hybridized carbons (Fsp3) is 0.154. The number of hydrogen-bond donors (Lipinski definition) is 1. The van der Waals surface area contributed by atoms with E-state index in [1.54, 1.807) is 12.3 Å². The summed E-state index contributed by atoms with van der Waals surface area (Å²) in [6, 6.07) is 4.75. The third kappa shape index (κ3) is 2.90. The first-order valence-corrected chi connectivity index (χ1v) is 5.58. The average Bonchev–Trinajstić information content (AvgIpc) is 2.40. The van der Waals surface area contributed by atoms with Crippen molar-refractivity contribution in [2.75, 3.05) is 0 Å². The minimum Gasteiger partial charge on any atom is -0.346 e. The van der Waals surface area contributed by atoms with Gasteiger partial charge in [-0.1, -0.05) is 6.07 Å². The largest absolute Gasteiger partial charge is 0.346 e. The van der Waals surface area contributed by atoms with Crippen LogP contribution >= 0.6 is 0 Å². The van der Waals surface area contributed by atoms with Gasteiger partial charge in [-0.2, -0.15) is 4.39 Å². The predicted molar refractivity (Wildman–Crippen MR) is 64.3 cm³/mol. The van der Waals surface area contributed by atoms with Crippen molar-refractivity contribution < 1.29 is 13.6 Å². The predicted octanol–water partition coefficient (Wildman–Crippen LogP) is 1.99. The molecule has 2 aromatic heterocycles. The van der Waals surface area contributed by atoms with E-state index >= 15 is 0 Å². The first-order valence-electron chi connectivity index (χ1n) is 5.58. The molecule has 0 bridgehead atoms. The van der Waals surface area contributed by atoms with E-state index in [4.69, 9.17) is 0 Å². The third-order valence-electron chi connectivity index (χ3n) is 2.63. The van der Waals surface area contributed by atoms with Crippen molar-refractivity contribution in [2.45, 2.75) is 13.5 Å². The van der Waals surface area contributed by atoms with E-state index in [0.717, 1.165) is 17.8 Å². The number of nitrogens with zero attached hydrogens (tertiary/aromatic N) is 2. The Bertz CT molecular complexity index is 617. The molecule has 0 saturated carbocycles. The molecule has 2 rings (SSSR count). The van der Waals surface area contributed by atoms with E-state index in [-0.39, 0.29) is 12.1 Å². The average molecular weight is 263 g/mol. The smallest absolute Gasteiger partial charge is 0.254 e. The minimum absolute atomic E-state index is 0.148. The fourth-order valence-electron chi connectivity index (χ4n) is 1.56. The summed E-state index contributed by atoms with van der Waals surface area (Å²) in [5.74, 6) is -3.25.